The van der Waals surface area contributed by atoms with Gasteiger partial charge in [-0.25, -0.2) is 0 Å². The van der Waals surface area contributed by atoms with Crippen molar-refractivity contribution < 1.29 is 19.4 Å². The van der Waals surface area contributed by atoms with Crippen LogP contribution in [0.25, 0.3) is 6.08 Å². The number of benzene rings is 2. The molecule has 2 amide bonds. The maximum Gasteiger partial charge on any atom is 0.270 e. The Kier molecular flexibility index (Phi) is 4.96. The highest BCUT2D eigenvalue weighted by molar-refractivity contribution is 7.80. The van der Waals surface area contributed by atoms with Crippen molar-refractivity contribution in [1.82, 2.24) is 5.32 Å². The molecular formula is C20H18N2O4S. The lowest BCUT2D eigenvalue weighted by Crippen LogP contribution is -2.54. The summed E-state index contributed by atoms with van der Waals surface area (Å²) in [7, 11) is 1.42. The summed E-state index contributed by atoms with van der Waals surface area (Å²) in [4.78, 5) is 26.8. The van der Waals surface area contributed by atoms with Gasteiger partial charge in [0, 0.05) is 0 Å². The first-order valence-corrected chi connectivity index (χ1v) is 8.59. The molecule has 0 aliphatic carbocycles. The summed E-state index contributed by atoms with van der Waals surface area (Å²) in [6.07, 6.45) is 1.44. The Morgan fingerprint density at radius 2 is 1.93 bits per heavy atom. The van der Waals surface area contributed by atoms with Gasteiger partial charge in [0.2, 0.25) is 0 Å². The predicted molar refractivity (Wildman–Crippen MR) is 107 cm³/mol. The van der Waals surface area contributed by atoms with Crippen molar-refractivity contribution in [3.8, 4) is 11.5 Å². The first-order chi connectivity index (χ1) is 12.8. The number of hydrogen-bond acceptors (Lipinski definition) is 5. The number of aromatic hydroxyl groups is 1. The maximum absolute atomic E-state index is 13.1. The minimum atomic E-state index is -0.571. The molecule has 27 heavy (non-hydrogen) atoms. The van der Waals surface area contributed by atoms with E-state index in [2.05, 4.69) is 5.32 Å². The second kappa shape index (κ2) is 7.20. The zero-order valence-electron chi connectivity index (χ0n) is 15.1. The van der Waals surface area contributed by atoms with Crippen molar-refractivity contribution in [3.63, 3.8) is 0 Å². The molecule has 6 nitrogen and oxygen atoms in total. The Bertz CT molecular complexity index is 997. The van der Waals surface area contributed by atoms with Crippen LogP contribution in [0, 0.1) is 13.8 Å². The van der Waals surface area contributed by atoms with Crippen LogP contribution in [0.5, 0.6) is 11.5 Å². The topological polar surface area (TPSA) is 78.9 Å². The van der Waals surface area contributed by atoms with Gasteiger partial charge < -0.3 is 9.84 Å². The largest absolute Gasteiger partial charge is 0.504 e. The normalized spacial score (nSPS) is 15.9. The molecule has 138 valence electrons. The fraction of sp³-hybridized carbons (Fsp3) is 0.150. The Labute approximate surface area is 162 Å². The number of nitrogens with one attached hydrogen (secondary N) is 1. The molecule has 1 heterocycles. The molecule has 0 spiro atoms. The Hall–Kier alpha value is -3.19. The third kappa shape index (κ3) is 3.41. The fourth-order valence-electron chi connectivity index (χ4n) is 2.80. The zero-order chi connectivity index (χ0) is 19.7. The van der Waals surface area contributed by atoms with Gasteiger partial charge in [0.15, 0.2) is 16.6 Å². The van der Waals surface area contributed by atoms with Crippen molar-refractivity contribution in [1.29, 1.82) is 0 Å². The van der Waals surface area contributed by atoms with Crippen LogP contribution in [-0.2, 0) is 9.59 Å². The summed E-state index contributed by atoms with van der Waals surface area (Å²) >= 11 is 5.23. The smallest absolute Gasteiger partial charge is 0.270 e. The number of carbonyl (C=O) groups is 2. The average molecular weight is 382 g/mol. The molecule has 0 atom stereocenters. The van der Waals surface area contributed by atoms with Crippen molar-refractivity contribution in [2.24, 2.45) is 0 Å². The van der Waals surface area contributed by atoms with Gasteiger partial charge in [-0.3, -0.25) is 19.8 Å². The Morgan fingerprint density at radius 1 is 1.19 bits per heavy atom. The molecule has 2 aromatic rings. The van der Waals surface area contributed by atoms with E-state index in [1.165, 1.54) is 30.2 Å². The van der Waals surface area contributed by atoms with Crippen LogP contribution in [0.4, 0.5) is 5.69 Å². The molecule has 0 bridgehead atoms. The van der Waals surface area contributed by atoms with Crippen molar-refractivity contribution in [3.05, 3.63) is 58.7 Å². The third-order valence-electron chi connectivity index (χ3n) is 4.43. The van der Waals surface area contributed by atoms with E-state index in [9.17, 15) is 14.7 Å². The second-order valence-corrected chi connectivity index (χ2v) is 6.49. The first kappa shape index (κ1) is 18.6. The van der Waals surface area contributed by atoms with Gasteiger partial charge in [-0.05, 0) is 67.0 Å². The van der Waals surface area contributed by atoms with Crippen molar-refractivity contribution in [2.75, 3.05) is 12.0 Å². The number of carbonyl (C=O) groups excluding carboxylic acids is 2. The van der Waals surface area contributed by atoms with E-state index < -0.39 is 11.8 Å². The maximum atomic E-state index is 13.1. The van der Waals surface area contributed by atoms with Gasteiger partial charge in [0.05, 0.1) is 12.8 Å². The number of amides is 2. The molecule has 3 rings (SSSR count). The van der Waals surface area contributed by atoms with Gasteiger partial charge in [0.25, 0.3) is 11.8 Å². The molecule has 0 radical (unpaired) electrons. The van der Waals surface area contributed by atoms with Gasteiger partial charge in [-0.15, -0.1) is 0 Å². The monoisotopic (exact) mass is 382 g/mol. The molecule has 2 aromatic carbocycles. The molecule has 1 aliphatic heterocycles. The molecule has 1 saturated heterocycles. The quantitative estimate of drug-likeness (QED) is 0.485. The number of methoxy groups -OCH3 is 1. The molecule has 7 heteroatoms. The standard InChI is InChI=1S/C20H18N2O4S/c1-11-5-4-6-15(12(11)2)22-19(25)14(18(24)21-20(22)27)9-13-7-8-16(23)17(10-13)26-3/h4-10,23H,1-3H3,(H,21,24,27). The Balaban J connectivity index is 2.06. The first-order valence-electron chi connectivity index (χ1n) is 8.18. The number of anilines is 1. The van der Waals surface area contributed by atoms with Crippen molar-refractivity contribution >= 4 is 40.9 Å². The molecular weight excluding hydrogens is 364 g/mol. The van der Waals surface area contributed by atoms with E-state index in [0.717, 1.165) is 11.1 Å². The highest BCUT2D eigenvalue weighted by atomic mass is 32.1. The number of phenols is 1. The van der Waals surface area contributed by atoms with Crippen LogP contribution in [0.1, 0.15) is 16.7 Å². The van der Waals surface area contributed by atoms with E-state index in [1.54, 1.807) is 12.1 Å². The summed E-state index contributed by atoms with van der Waals surface area (Å²) < 4.78 is 5.07. The third-order valence-corrected chi connectivity index (χ3v) is 4.72. The molecule has 0 saturated carbocycles. The number of nitrogens with zero attached hydrogens (tertiary/aromatic N) is 1. The van der Waals surface area contributed by atoms with Crippen LogP contribution in [0.15, 0.2) is 42.0 Å². The second-order valence-electron chi connectivity index (χ2n) is 6.11. The van der Waals surface area contributed by atoms with E-state index in [-0.39, 0.29) is 22.2 Å². The zero-order valence-corrected chi connectivity index (χ0v) is 15.9. The minimum Gasteiger partial charge on any atom is -0.504 e. The van der Waals surface area contributed by atoms with E-state index in [0.29, 0.717) is 11.3 Å². The number of ether oxygens (including phenoxy) is 1. The van der Waals surface area contributed by atoms with E-state index >= 15 is 0 Å². The summed E-state index contributed by atoms with van der Waals surface area (Å²) in [6, 6.07) is 10.1. The van der Waals surface area contributed by atoms with Gasteiger partial charge in [0.1, 0.15) is 5.57 Å². The highest BCUT2D eigenvalue weighted by Crippen LogP contribution is 2.29. The lowest BCUT2D eigenvalue weighted by Gasteiger charge is -2.30. The van der Waals surface area contributed by atoms with Crippen LogP contribution in [0.3, 0.4) is 0 Å². The van der Waals surface area contributed by atoms with Gasteiger partial charge in [-0.2, -0.15) is 0 Å². The summed E-state index contributed by atoms with van der Waals surface area (Å²) in [6.45, 7) is 3.83. The summed E-state index contributed by atoms with van der Waals surface area (Å²) in [5, 5.41) is 12.3. The van der Waals surface area contributed by atoms with Crippen LogP contribution in [-0.4, -0.2) is 29.1 Å². The van der Waals surface area contributed by atoms with Crippen LogP contribution < -0.4 is 15.0 Å². The molecule has 1 aliphatic rings. The van der Waals surface area contributed by atoms with Crippen molar-refractivity contribution in [2.45, 2.75) is 13.8 Å². The van der Waals surface area contributed by atoms with E-state index in [1.807, 2.05) is 26.0 Å². The number of rotatable bonds is 3. The number of thiocarbonyl (C=S) groups is 1. The summed E-state index contributed by atoms with van der Waals surface area (Å²) in [5.41, 5.74) is 3.01. The number of phenolic OH excluding ortho intramolecular Hbond substituents is 1. The fourth-order valence-corrected chi connectivity index (χ4v) is 3.08. The lowest BCUT2D eigenvalue weighted by atomic mass is 10.0. The van der Waals surface area contributed by atoms with Gasteiger partial charge >= 0.3 is 0 Å². The Morgan fingerprint density at radius 3 is 2.63 bits per heavy atom. The summed E-state index contributed by atoms with van der Waals surface area (Å²) in [5.74, 6) is -0.865. The molecule has 0 aromatic heterocycles. The van der Waals surface area contributed by atoms with E-state index in [4.69, 9.17) is 17.0 Å². The molecule has 0 unspecified atom stereocenters. The number of aryl methyl sites for hydroxylation is 1. The highest BCUT2D eigenvalue weighted by Gasteiger charge is 2.35. The minimum absolute atomic E-state index is 0.0303. The SMILES string of the molecule is COc1cc(C=C2C(=O)NC(=S)N(c3cccc(C)c3C)C2=O)ccc1O. The average Bonchev–Trinajstić information content (AvgIpc) is 2.63. The van der Waals surface area contributed by atoms with Crippen LogP contribution >= 0.6 is 12.2 Å². The molecule has 1 fully saturated rings. The predicted octanol–water partition coefficient (Wildman–Crippen LogP) is 2.85. The van der Waals surface area contributed by atoms with Crippen LogP contribution in [0.2, 0.25) is 0 Å². The van der Waals surface area contributed by atoms with Gasteiger partial charge in [-0.1, -0.05) is 18.2 Å². The molecule has 2 N–H and O–H groups in total. The lowest BCUT2D eigenvalue weighted by molar-refractivity contribution is -0.122. The number of hydrogen-bond donors (Lipinski definition) is 2.